The zero-order valence-electron chi connectivity index (χ0n) is 17.6. The molecule has 0 aliphatic heterocycles. The van der Waals surface area contributed by atoms with Crippen molar-refractivity contribution < 1.29 is 22.4 Å². The third-order valence-electron chi connectivity index (χ3n) is 5.09. The highest BCUT2D eigenvalue weighted by Gasteiger charge is 2.30. The quantitative estimate of drug-likeness (QED) is 0.289. The second-order valence-electron chi connectivity index (χ2n) is 7.76. The van der Waals surface area contributed by atoms with Crippen LogP contribution in [0.2, 0.25) is 0 Å². The molecule has 2 N–H and O–H groups in total. The van der Waals surface area contributed by atoms with E-state index in [0.29, 0.717) is 17.2 Å². The lowest BCUT2D eigenvalue weighted by Crippen LogP contribution is -2.36. The van der Waals surface area contributed by atoms with Gasteiger partial charge in [-0.25, -0.2) is 9.37 Å². The SMILES string of the molecule is Cc1cccc(/N=C(/NC(=O)c2ccc(C(F)(F)F)cc2)Nc2ccc(F)cc2C2CC2)n1. The number of aromatic nitrogens is 1. The third-order valence-corrected chi connectivity index (χ3v) is 5.09. The summed E-state index contributed by atoms with van der Waals surface area (Å²) >= 11 is 0. The average Bonchev–Trinajstić information content (AvgIpc) is 3.60. The van der Waals surface area contributed by atoms with Gasteiger partial charge in [0.1, 0.15) is 5.82 Å². The fourth-order valence-electron chi connectivity index (χ4n) is 3.29. The van der Waals surface area contributed by atoms with Gasteiger partial charge < -0.3 is 5.32 Å². The number of alkyl halides is 3. The van der Waals surface area contributed by atoms with Gasteiger partial charge in [-0.2, -0.15) is 18.2 Å². The molecule has 9 heteroatoms. The van der Waals surface area contributed by atoms with E-state index in [1.807, 2.05) is 0 Å². The van der Waals surface area contributed by atoms with Crippen molar-refractivity contribution in [3.8, 4) is 0 Å². The lowest BCUT2D eigenvalue weighted by atomic mass is 10.1. The number of aliphatic imine (C=N–C) groups is 1. The number of benzene rings is 2. The van der Waals surface area contributed by atoms with E-state index >= 15 is 0 Å². The summed E-state index contributed by atoms with van der Waals surface area (Å²) in [4.78, 5) is 21.4. The van der Waals surface area contributed by atoms with E-state index in [-0.39, 0.29) is 23.3 Å². The number of anilines is 1. The highest BCUT2D eigenvalue weighted by molar-refractivity contribution is 6.10. The number of nitrogens with one attached hydrogen (secondary N) is 2. The van der Waals surface area contributed by atoms with Gasteiger partial charge in [-0.3, -0.25) is 10.1 Å². The summed E-state index contributed by atoms with van der Waals surface area (Å²) in [5.74, 6) is -0.466. The van der Waals surface area contributed by atoms with Crippen molar-refractivity contribution in [2.75, 3.05) is 5.32 Å². The van der Waals surface area contributed by atoms with Crippen LogP contribution in [0.3, 0.4) is 0 Å². The number of carbonyl (C=O) groups excluding carboxylic acids is 1. The van der Waals surface area contributed by atoms with Crippen molar-refractivity contribution in [3.05, 3.63) is 88.9 Å². The predicted octanol–water partition coefficient (Wildman–Crippen LogP) is 5.95. The summed E-state index contributed by atoms with van der Waals surface area (Å²) in [7, 11) is 0. The largest absolute Gasteiger partial charge is 0.416 e. The molecule has 1 fully saturated rings. The maximum absolute atomic E-state index is 13.8. The highest BCUT2D eigenvalue weighted by atomic mass is 19.4. The molecule has 0 atom stereocenters. The number of hydrogen-bond donors (Lipinski definition) is 2. The third kappa shape index (κ3) is 5.74. The summed E-state index contributed by atoms with van der Waals surface area (Å²) in [6.07, 6.45) is -2.63. The van der Waals surface area contributed by atoms with E-state index in [1.165, 1.54) is 12.1 Å². The molecule has 0 unspecified atom stereocenters. The summed E-state index contributed by atoms with van der Waals surface area (Å²) in [6, 6.07) is 13.4. The Labute approximate surface area is 187 Å². The standard InChI is InChI=1S/C24H20F4N4O/c1-14-3-2-4-21(29-14)31-23(30-20-12-11-18(25)13-19(20)15-5-6-15)32-22(33)16-7-9-17(10-8-16)24(26,27)28/h2-4,7-13,15H,5-6H2,1H3,(H2,29,30,31,32,33). The zero-order valence-corrected chi connectivity index (χ0v) is 17.6. The van der Waals surface area contributed by atoms with Gasteiger partial charge in [-0.05, 0) is 85.8 Å². The topological polar surface area (TPSA) is 66.4 Å². The normalized spacial score (nSPS) is 14.2. The first-order chi connectivity index (χ1) is 15.7. The minimum atomic E-state index is -4.50. The summed E-state index contributed by atoms with van der Waals surface area (Å²) in [5, 5.41) is 5.63. The molecule has 3 aromatic rings. The van der Waals surface area contributed by atoms with E-state index < -0.39 is 17.6 Å². The van der Waals surface area contributed by atoms with E-state index in [2.05, 4.69) is 20.6 Å². The van der Waals surface area contributed by atoms with Crippen molar-refractivity contribution >= 4 is 23.4 Å². The Balaban J connectivity index is 1.63. The predicted molar refractivity (Wildman–Crippen MR) is 117 cm³/mol. The molecular formula is C24H20F4N4O. The molecule has 1 aliphatic carbocycles. The first-order valence-corrected chi connectivity index (χ1v) is 10.3. The molecule has 0 saturated heterocycles. The van der Waals surface area contributed by atoms with Crippen LogP contribution in [-0.4, -0.2) is 16.9 Å². The van der Waals surface area contributed by atoms with Crippen LogP contribution in [0.1, 0.15) is 45.9 Å². The van der Waals surface area contributed by atoms with Crippen molar-refractivity contribution in [1.29, 1.82) is 0 Å². The number of rotatable bonds is 4. The van der Waals surface area contributed by atoms with E-state index in [4.69, 9.17) is 0 Å². The van der Waals surface area contributed by atoms with Crippen LogP contribution < -0.4 is 10.6 Å². The van der Waals surface area contributed by atoms with Gasteiger partial charge in [0.25, 0.3) is 5.91 Å². The van der Waals surface area contributed by atoms with Crippen molar-refractivity contribution in [2.24, 2.45) is 4.99 Å². The molecule has 1 aromatic heterocycles. The fraction of sp³-hybridized carbons (Fsp3) is 0.208. The molecule has 1 aliphatic rings. The molecule has 4 rings (SSSR count). The molecule has 0 radical (unpaired) electrons. The number of amides is 1. The first kappa shape index (κ1) is 22.4. The van der Waals surface area contributed by atoms with Crippen LogP contribution in [0, 0.1) is 12.7 Å². The van der Waals surface area contributed by atoms with Crippen LogP contribution in [0.25, 0.3) is 0 Å². The van der Waals surface area contributed by atoms with Crippen LogP contribution in [0.15, 0.2) is 65.7 Å². The molecule has 0 spiro atoms. The molecule has 2 aromatic carbocycles. The van der Waals surface area contributed by atoms with Crippen molar-refractivity contribution in [2.45, 2.75) is 31.9 Å². The number of halogens is 4. The Morgan fingerprint density at radius 1 is 1.06 bits per heavy atom. The smallest absolute Gasteiger partial charge is 0.325 e. The Hall–Kier alpha value is -3.75. The van der Waals surface area contributed by atoms with Crippen molar-refractivity contribution in [1.82, 2.24) is 10.3 Å². The maximum atomic E-state index is 13.8. The Bertz CT molecular complexity index is 1200. The lowest BCUT2D eigenvalue weighted by molar-refractivity contribution is -0.137. The van der Waals surface area contributed by atoms with Crippen LogP contribution in [0.5, 0.6) is 0 Å². The van der Waals surface area contributed by atoms with E-state index in [9.17, 15) is 22.4 Å². The van der Waals surface area contributed by atoms with Gasteiger partial charge in [-0.15, -0.1) is 0 Å². The minimum Gasteiger partial charge on any atom is -0.325 e. The molecule has 5 nitrogen and oxygen atoms in total. The van der Waals surface area contributed by atoms with Crippen LogP contribution in [-0.2, 0) is 6.18 Å². The Morgan fingerprint density at radius 2 is 1.79 bits per heavy atom. The van der Waals surface area contributed by atoms with Gasteiger partial charge in [0, 0.05) is 16.9 Å². The number of pyridine rings is 1. The van der Waals surface area contributed by atoms with Gasteiger partial charge in [0.15, 0.2) is 5.82 Å². The second-order valence-corrected chi connectivity index (χ2v) is 7.76. The first-order valence-electron chi connectivity index (χ1n) is 10.3. The van der Waals surface area contributed by atoms with Gasteiger partial charge in [-0.1, -0.05) is 6.07 Å². The van der Waals surface area contributed by atoms with Gasteiger partial charge in [0.2, 0.25) is 5.96 Å². The molecule has 170 valence electrons. The van der Waals surface area contributed by atoms with Gasteiger partial charge in [0.05, 0.1) is 5.56 Å². The Morgan fingerprint density at radius 3 is 2.42 bits per heavy atom. The van der Waals surface area contributed by atoms with E-state index in [1.54, 1.807) is 31.2 Å². The van der Waals surface area contributed by atoms with Crippen molar-refractivity contribution in [3.63, 3.8) is 0 Å². The van der Waals surface area contributed by atoms with Crippen LogP contribution >= 0.6 is 0 Å². The molecule has 1 heterocycles. The minimum absolute atomic E-state index is 0.0199. The number of hydrogen-bond acceptors (Lipinski definition) is 3. The fourth-order valence-corrected chi connectivity index (χ4v) is 3.29. The van der Waals surface area contributed by atoms with E-state index in [0.717, 1.165) is 42.7 Å². The lowest BCUT2D eigenvalue weighted by Gasteiger charge is -2.15. The second kappa shape index (κ2) is 9.01. The molecule has 1 saturated carbocycles. The number of nitrogens with zero attached hydrogens (tertiary/aromatic N) is 2. The average molecular weight is 456 g/mol. The summed E-state index contributed by atoms with van der Waals surface area (Å²) < 4.78 is 52.3. The molecular weight excluding hydrogens is 436 g/mol. The zero-order chi connectivity index (χ0) is 23.6. The maximum Gasteiger partial charge on any atom is 0.416 e. The monoisotopic (exact) mass is 456 g/mol. The highest BCUT2D eigenvalue weighted by Crippen LogP contribution is 2.43. The molecule has 33 heavy (non-hydrogen) atoms. The van der Waals surface area contributed by atoms with Crippen LogP contribution in [0.4, 0.5) is 29.1 Å². The molecule has 1 amide bonds. The van der Waals surface area contributed by atoms with Gasteiger partial charge >= 0.3 is 6.18 Å². The number of guanidine groups is 1. The Kier molecular flexibility index (Phi) is 6.13. The number of aryl methyl sites for hydroxylation is 1. The summed E-state index contributed by atoms with van der Waals surface area (Å²) in [5.41, 5.74) is 1.23. The summed E-state index contributed by atoms with van der Waals surface area (Å²) in [6.45, 7) is 1.79. The number of carbonyl (C=O) groups is 1. The molecule has 0 bridgehead atoms.